The van der Waals surface area contributed by atoms with Crippen molar-refractivity contribution in [2.75, 3.05) is 6.61 Å². The quantitative estimate of drug-likeness (QED) is 0.646. The largest absolute Gasteiger partial charge is 0.378 e. The molecule has 1 saturated carbocycles. The molecule has 0 bridgehead atoms. The predicted molar refractivity (Wildman–Crippen MR) is 64.4 cm³/mol. The van der Waals surface area contributed by atoms with Crippen molar-refractivity contribution in [2.24, 2.45) is 5.92 Å². The molecule has 92 valence electrons. The van der Waals surface area contributed by atoms with Gasteiger partial charge in [-0.2, -0.15) is 0 Å². The van der Waals surface area contributed by atoms with Crippen LogP contribution in [0.3, 0.4) is 0 Å². The summed E-state index contributed by atoms with van der Waals surface area (Å²) in [6, 6.07) is 0. The first-order chi connectivity index (χ1) is 7.86. The predicted octanol–water partition coefficient (Wildman–Crippen LogP) is 3.49. The summed E-state index contributed by atoms with van der Waals surface area (Å²) in [4.78, 5) is 11.8. The van der Waals surface area contributed by atoms with Crippen LogP contribution in [0.25, 0.3) is 0 Å². The fourth-order valence-electron chi connectivity index (χ4n) is 3.00. The van der Waals surface area contributed by atoms with Gasteiger partial charge in [0.1, 0.15) is 5.78 Å². The molecule has 1 heterocycles. The first-order valence-electron chi connectivity index (χ1n) is 7.00. The summed E-state index contributed by atoms with van der Waals surface area (Å²) in [6.45, 7) is 0.950. The Morgan fingerprint density at radius 3 is 2.56 bits per heavy atom. The molecule has 2 aliphatic rings. The Bertz CT molecular complexity index is 213. The molecule has 0 aromatic heterocycles. The highest BCUT2D eigenvalue weighted by Crippen LogP contribution is 2.27. The van der Waals surface area contributed by atoms with Gasteiger partial charge in [-0.25, -0.2) is 0 Å². The van der Waals surface area contributed by atoms with Crippen LogP contribution in [-0.2, 0) is 9.53 Å². The molecule has 2 heteroatoms. The number of Topliss-reactive ketones (excluding diaryl/α,β-unsaturated/α-hetero) is 1. The molecule has 0 aromatic rings. The van der Waals surface area contributed by atoms with Crippen molar-refractivity contribution >= 4 is 5.78 Å². The van der Waals surface area contributed by atoms with Crippen molar-refractivity contribution in [3.8, 4) is 0 Å². The standard InChI is InChI=1S/C14H24O2/c15-14(12-6-1-2-7-12)10-4-3-8-13-9-5-11-16-13/h12-13H,1-11H2. The van der Waals surface area contributed by atoms with Gasteiger partial charge < -0.3 is 4.74 Å². The lowest BCUT2D eigenvalue weighted by Gasteiger charge is -2.10. The molecule has 2 fully saturated rings. The molecule has 16 heavy (non-hydrogen) atoms. The molecular formula is C14H24O2. The maximum absolute atomic E-state index is 11.8. The van der Waals surface area contributed by atoms with Gasteiger partial charge in [-0.15, -0.1) is 0 Å². The third kappa shape index (κ3) is 3.58. The van der Waals surface area contributed by atoms with Gasteiger partial charge in [-0.1, -0.05) is 19.3 Å². The zero-order valence-electron chi connectivity index (χ0n) is 10.2. The number of carbonyl (C=O) groups excluding carboxylic acids is 1. The van der Waals surface area contributed by atoms with Gasteiger partial charge in [0.25, 0.3) is 0 Å². The molecule has 1 saturated heterocycles. The summed E-state index contributed by atoms with van der Waals surface area (Å²) in [5.74, 6) is 0.951. The lowest BCUT2D eigenvalue weighted by Crippen LogP contribution is -2.11. The van der Waals surface area contributed by atoms with Crippen LogP contribution in [-0.4, -0.2) is 18.5 Å². The minimum atomic E-state index is 0.419. The maximum atomic E-state index is 11.8. The van der Waals surface area contributed by atoms with Crippen molar-refractivity contribution < 1.29 is 9.53 Å². The van der Waals surface area contributed by atoms with Crippen LogP contribution in [0, 0.1) is 5.92 Å². The van der Waals surface area contributed by atoms with Crippen LogP contribution < -0.4 is 0 Å². The topological polar surface area (TPSA) is 26.3 Å². The van der Waals surface area contributed by atoms with E-state index in [1.165, 1.54) is 32.1 Å². The van der Waals surface area contributed by atoms with Crippen LogP contribution in [0.2, 0.25) is 0 Å². The van der Waals surface area contributed by atoms with Gasteiger partial charge in [-0.3, -0.25) is 4.79 Å². The normalized spacial score (nSPS) is 26.4. The smallest absolute Gasteiger partial charge is 0.135 e. The second kappa shape index (κ2) is 6.39. The molecule has 0 N–H and O–H groups in total. The Balaban J connectivity index is 1.51. The Hall–Kier alpha value is -0.370. The minimum absolute atomic E-state index is 0.419. The molecule has 1 unspecified atom stereocenters. The number of carbonyl (C=O) groups is 1. The average Bonchev–Trinajstić information content (AvgIpc) is 2.96. The van der Waals surface area contributed by atoms with Crippen LogP contribution in [0.1, 0.15) is 64.2 Å². The third-order valence-electron chi connectivity index (χ3n) is 4.03. The maximum Gasteiger partial charge on any atom is 0.135 e. The summed E-state index contributed by atoms with van der Waals surface area (Å²) in [5.41, 5.74) is 0. The van der Waals surface area contributed by atoms with E-state index < -0.39 is 0 Å². The third-order valence-corrected chi connectivity index (χ3v) is 4.03. The van der Waals surface area contributed by atoms with Crippen molar-refractivity contribution in [1.82, 2.24) is 0 Å². The van der Waals surface area contributed by atoms with Gasteiger partial charge in [-0.05, 0) is 38.5 Å². The molecule has 2 rings (SSSR count). The van der Waals surface area contributed by atoms with Gasteiger partial charge in [0.2, 0.25) is 0 Å². The second-order valence-electron chi connectivity index (χ2n) is 5.33. The summed E-state index contributed by atoms with van der Waals surface area (Å²) in [7, 11) is 0. The first-order valence-corrected chi connectivity index (χ1v) is 7.00. The highest BCUT2D eigenvalue weighted by molar-refractivity contribution is 5.81. The number of unbranched alkanes of at least 4 members (excludes halogenated alkanes) is 1. The Morgan fingerprint density at radius 2 is 1.88 bits per heavy atom. The van der Waals surface area contributed by atoms with Gasteiger partial charge in [0.15, 0.2) is 0 Å². The summed E-state index contributed by atoms with van der Waals surface area (Å²) < 4.78 is 5.57. The molecule has 0 amide bonds. The summed E-state index contributed by atoms with van der Waals surface area (Å²) in [5, 5.41) is 0. The van der Waals surface area contributed by atoms with E-state index in [1.54, 1.807) is 0 Å². The Morgan fingerprint density at radius 1 is 1.06 bits per heavy atom. The highest BCUT2D eigenvalue weighted by atomic mass is 16.5. The van der Waals surface area contributed by atoms with Crippen LogP contribution in [0.15, 0.2) is 0 Å². The minimum Gasteiger partial charge on any atom is -0.378 e. The molecule has 1 atom stereocenters. The van der Waals surface area contributed by atoms with E-state index in [9.17, 15) is 4.79 Å². The Kier molecular flexibility index (Phi) is 4.83. The van der Waals surface area contributed by atoms with Crippen molar-refractivity contribution in [3.05, 3.63) is 0 Å². The van der Waals surface area contributed by atoms with E-state index in [0.717, 1.165) is 38.7 Å². The average molecular weight is 224 g/mol. The van der Waals surface area contributed by atoms with Gasteiger partial charge in [0.05, 0.1) is 6.10 Å². The molecule has 0 aromatic carbocycles. The van der Waals surface area contributed by atoms with Crippen molar-refractivity contribution in [2.45, 2.75) is 70.3 Å². The van der Waals surface area contributed by atoms with Gasteiger partial charge >= 0.3 is 0 Å². The number of ketones is 1. The number of hydrogen-bond donors (Lipinski definition) is 0. The first kappa shape index (κ1) is 12.1. The summed E-state index contributed by atoms with van der Waals surface area (Å²) in [6.07, 6.45) is 12.0. The van der Waals surface area contributed by atoms with Crippen LogP contribution in [0.4, 0.5) is 0 Å². The van der Waals surface area contributed by atoms with E-state index in [0.29, 0.717) is 17.8 Å². The van der Waals surface area contributed by atoms with Crippen LogP contribution in [0.5, 0.6) is 0 Å². The second-order valence-corrected chi connectivity index (χ2v) is 5.33. The van der Waals surface area contributed by atoms with E-state index in [1.807, 2.05) is 0 Å². The van der Waals surface area contributed by atoms with E-state index in [2.05, 4.69) is 0 Å². The number of hydrogen-bond acceptors (Lipinski definition) is 2. The SMILES string of the molecule is O=C(CCCCC1CCCO1)C1CCCC1. The lowest BCUT2D eigenvalue weighted by molar-refractivity contribution is -0.122. The summed E-state index contributed by atoms with van der Waals surface area (Å²) >= 11 is 0. The van der Waals surface area contributed by atoms with E-state index in [4.69, 9.17) is 4.74 Å². The van der Waals surface area contributed by atoms with Crippen LogP contribution >= 0.6 is 0 Å². The monoisotopic (exact) mass is 224 g/mol. The Labute approximate surface area is 98.7 Å². The molecular weight excluding hydrogens is 200 g/mol. The zero-order valence-corrected chi connectivity index (χ0v) is 10.2. The molecule has 1 aliphatic carbocycles. The van der Waals surface area contributed by atoms with Crippen molar-refractivity contribution in [1.29, 1.82) is 0 Å². The zero-order chi connectivity index (χ0) is 11.2. The number of ether oxygens (including phenoxy) is 1. The van der Waals surface area contributed by atoms with E-state index >= 15 is 0 Å². The molecule has 2 nitrogen and oxygen atoms in total. The van der Waals surface area contributed by atoms with E-state index in [-0.39, 0.29) is 0 Å². The molecule has 1 aliphatic heterocycles. The number of rotatable bonds is 6. The van der Waals surface area contributed by atoms with Gasteiger partial charge in [0, 0.05) is 18.9 Å². The highest BCUT2D eigenvalue weighted by Gasteiger charge is 2.22. The fraction of sp³-hybridized carbons (Fsp3) is 0.929. The fourth-order valence-corrected chi connectivity index (χ4v) is 3.00. The molecule has 0 radical (unpaired) electrons. The van der Waals surface area contributed by atoms with Crippen molar-refractivity contribution in [3.63, 3.8) is 0 Å². The molecule has 0 spiro atoms. The lowest BCUT2D eigenvalue weighted by atomic mass is 9.97.